The van der Waals surface area contributed by atoms with Crippen LogP contribution >= 0.6 is 58.0 Å². The number of hydrogen-bond donors (Lipinski definition) is 1. The van der Waals surface area contributed by atoms with Crippen LogP contribution in [-0.2, 0) is 22.9 Å². The molecule has 5 nitrogen and oxygen atoms in total. The third-order valence-electron chi connectivity index (χ3n) is 4.41. The van der Waals surface area contributed by atoms with E-state index in [1.807, 2.05) is 0 Å². The molecule has 176 valence electrons. The van der Waals surface area contributed by atoms with Crippen LogP contribution in [0.5, 0.6) is 0 Å². The molecule has 0 heterocycles. The second-order valence-electron chi connectivity index (χ2n) is 6.82. The third kappa shape index (κ3) is 7.91. The van der Waals surface area contributed by atoms with Gasteiger partial charge in [0.1, 0.15) is 13.2 Å². The van der Waals surface area contributed by atoms with E-state index >= 15 is 0 Å². The number of hydrogen-bond acceptors (Lipinski definition) is 5. The van der Waals surface area contributed by atoms with Gasteiger partial charge in [0.2, 0.25) is 0 Å². The van der Waals surface area contributed by atoms with Crippen LogP contribution in [0, 0.1) is 0 Å². The Morgan fingerprint density at radius 2 is 1.35 bits per heavy atom. The zero-order valence-corrected chi connectivity index (χ0v) is 21.2. The standard InChI is InChI=1S/C24H17Cl5N2O3/c25-19-5-1-15(2-6-19)24(32)18(11-30-33-13-16-3-7-20(26)9-22(16)28)12-31-34-14-17-4-8-21(27)10-23(17)29/h1-12,30H,13-14H2. The average molecular weight is 559 g/mol. The van der Waals surface area contributed by atoms with E-state index in [0.29, 0.717) is 36.2 Å². The van der Waals surface area contributed by atoms with Crippen LogP contribution in [0.1, 0.15) is 21.5 Å². The molecule has 0 saturated carbocycles. The Balaban J connectivity index is 1.68. The normalized spacial score (nSPS) is 11.6. The van der Waals surface area contributed by atoms with Gasteiger partial charge < -0.3 is 4.84 Å². The van der Waals surface area contributed by atoms with Crippen LogP contribution in [-0.4, -0.2) is 12.0 Å². The van der Waals surface area contributed by atoms with Gasteiger partial charge in [-0.25, -0.2) is 0 Å². The summed E-state index contributed by atoms with van der Waals surface area (Å²) in [5.41, 5.74) is 4.62. The monoisotopic (exact) mass is 556 g/mol. The number of benzene rings is 3. The van der Waals surface area contributed by atoms with Crippen molar-refractivity contribution in [3.8, 4) is 0 Å². The summed E-state index contributed by atoms with van der Waals surface area (Å²) in [6.45, 7) is 0.228. The molecule has 0 unspecified atom stereocenters. The van der Waals surface area contributed by atoms with Gasteiger partial charge in [0.05, 0.1) is 11.8 Å². The van der Waals surface area contributed by atoms with Crippen molar-refractivity contribution >= 4 is 70.0 Å². The predicted octanol–water partition coefficient (Wildman–Crippen LogP) is 7.94. The van der Waals surface area contributed by atoms with Crippen molar-refractivity contribution in [2.24, 2.45) is 5.16 Å². The van der Waals surface area contributed by atoms with Crippen LogP contribution < -0.4 is 5.48 Å². The molecule has 0 aliphatic heterocycles. The van der Waals surface area contributed by atoms with Crippen LogP contribution in [0.3, 0.4) is 0 Å². The van der Waals surface area contributed by atoms with Gasteiger partial charge in [0, 0.05) is 42.4 Å². The molecule has 0 atom stereocenters. The summed E-state index contributed by atoms with van der Waals surface area (Å²) in [5.74, 6) is -0.325. The number of Topliss-reactive ketones (excluding diaryl/α,β-unsaturated/α-hetero) is 1. The number of carbonyl (C=O) groups excluding carboxylic acids is 1. The molecule has 3 rings (SSSR count). The molecule has 10 heteroatoms. The van der Waals surface area contributed by atoms with E-state index in [4.69, 9.17) is 67.7 Å². The summed E-state index contributed by atoms with van der Waals surface area (Å²) in [5, 5.41) is 6.36. The molecule has 0 amide bonds. The van der Waals surface area contributed by atoms with Crippen LogP contribution in [0.25, 0.3) is 0 Å². The smallest absolute Gasteiger partial charge is 0.196 e. The Kier molecular flexibility index (Phi) is 10.1. The van der Waals surface area contributed by atoms with Crippen molar-refractivity contribution in [3.05, 3.63) is 114 Å². The lowest BCUT2D eigenvalue weighted by atomic mass is 10.1. The van der Waals surface area contributed by atoms with Gasteiger partial charge in [0.15, 0.2) is 5.78 Å². The predicted molar refractivity (Wildman–Crippen MR) is 138 cm³/mol. The average Bonchev–Trinajstić information content (AvgIpc) is 2.80. The first-order chi connectivity index (χ1) is 16.3. The van der Waals surface area contributed by atoms with E-state index in [9.17, 15) is 4.79 Å². The number of carbonyl (C=O) groups is 1. The number of rotatable bonds is 10. The first-order valence-electron chi connectivity index (χ1n) is 9.74. The van der Waals surface area contributed by atoms with E-state index in [-0.39, 0.29) is 24.6 Å². The van der Waals surface area contributed by atoms with E-state index in [1.54, 1.807) is 60.7 Å². The van der Waals surface area contributed by atoms with Crippen molar-refractivity contribution in [2.75, 3.05) is 0 Å². The fourth-order valence-electron chi connectivity index (χ4n) is 2.63. The van der Waals surface area contributed by atoms with E-state index in [0.717, 1.165) is 5.56 Å². The summed E-state index contributed by atoms with van der Waals surface area (Å²) in [7, 11) is 0. The zero-order valence-electron chi connectivity index (χ0n) is 17.4. The molecule has 3 aromatic rings. The Morgan fingerprint density at radius 3 is 1.94 bits per heavy atom. The minimum Gasteiger partial charge on any atom is -0.391 e. The molecule has 0 radical (unpaired) electrons. The Morgan fingerprint density at radius 1 is 0.794 bits per heavy atom. The Labute approximate surface area is 221 Å². The van der Waals surface area contributed by atoms with E-state index < -0.39 is 0 Å². The molecule has 0 aliphatic rings. The molecule has 0 bridgehead atoms. The summed E-state index contributed by atoms with van der Waals surface area (Å²) < 4.78 is 0. The molecular formula is C24H17Cl5N2O3. The lowest BCUT2D eigenvalue weighted by Crippen LogP contribution is -2.13. The first-order valence-corrected chi connectivity index (χ1v) is 11.6. The molecule has 0 aromatic heterocycles. The van der Waals surface area contributed by atoms with E-state index in [1.165, 1.54) is 12.4 Å². The topological polar surface area (TPSA) is 59.9 Å². The number of ketones is 1. The summed E-state index contributed by atoms with van der Waals surface area (Å²) in [6.07, 6.45) is 2.63. The fourth-order valence-corrected chi connectivity index (χ4v) is 3.68. The van der Waals surface area contributed by atoms with E-state index in [2.05, 4.69) is 10.6 Å². The highest BCUT2D eigenvalue weighted by Crippen LogP contribution is 2.22. The number of nitrogens with one attached hydrogen (secondary N) is 1. The number of halogens is 5. The SMILES string of the molecule is O=C(C(C=NOCc1ccc(Cl)cc1Cl)=CNOCc1ccc(Cl)cc1Cl)c1ccc(Cl)cc1. The van der Waals surface area contributed by atoms with Crippen molar-refractivity contribution in [1.29, 1.82) is 0 Å². The minimum absolute atomic E-state index is 0.0912. The summed E-state index contributed by atoms with van der Waals surface area (Å²) >= 11 is 30.0. The largest absolute Gasteiger partial charge is 0.391 e. The van der Waals surface area contributed by atoms with Crippen molar-refractivity contribution in [1.82, 2.24) is 5.48 Å². The number of hydroxylamine groups is 1. The van der Waals surface area contributed by atoms with Gasteiger partial charge in [-0.1, -0.05) is 75.3 Å². The van der Waals surface area contributed by atoms with Gasteiger partial charge in [-0.2, -0.15) is 0 Å². The first kappa shape index (κ1) is 26.4. The van der Waals surface area contributed by atoms with Crippen molar-refractivity contribution < 1.29 is 14.5 Å². The Hall–Kier alpha value is -2.25. The molecule has 3 aromatic carbocycles. The lowest BCUT2D eigenvalue weighted by Gasteiger charge is -2.07. The fraction of sp³-hybridized carbons (Fsp3) is 0.0833. The van der Waals surface area contributed by atoms with Crippen LogP contribution in [0.4, 0.5) is 0 Å². The van der Waals surface area contributed by atoms with Crippen molar-refractivity contribution in [2.45, 2.75) is 13.2 Å². The second kappa shape index (κ2) is 13.0. The zero-order chi connectivity index (χ0) is 24.5. The summed E-state index contributed by atoms with van der Waals surface area (Å²) in [6, 6.07) is 16.5. The quantitative estimate of drug-likeness (QED) is 0.0902. The van der Waals surface area contributed by atoms with Crippen molar-refractivity contribution in [3.63, 3.8) is 0 Å². The molecule has 0 fully saturated rings. The van der Waals surface area contributed by atoms with Gasteiger partial charge in [-0.3, -0.25) is 15.1 Å². The molecular weight excluding hydrogens is 542 g/mol. The molecule has 0 aliphatic carbocycles. The Bertz CT molecular complexity index is 1210. The maximum absolute atomic E-state index is 12.9. The van der Waals surface area contributed by atoms with Crippen LogP contribution in [0.15, 0.2) is 77.6 Å². The van der Waals surface area contributed by atoms with Gasteiger partial charge in [-0.15, -0.1) is 0 Å². The number of nitrogens with zero attached hydrogens (tertiary/aromatic N) is 1. The second-order valence-corrected chi connectivity index (χ2v) is 8.95. The maximum Gasteiger partial charge on any atom is 0.196 e. The number of oxime groups is 1. The third-order valence-corrected chi connectivity index (χ3v) is 5.84. The van der Waals surface area contributed by atoms with Gasteiger partial charge >= 0.3 is 0 Å². The lowest BCUT2D eigenvalue weighted by molar-refractivity contribution is 0.0570. The highest BCUT2D eigenvalue weighted by atomic mass is 35.5. The maximum atomic E-state index is 12.9. The minimum atomic E-state index is -0.325. The highest BCUT2D eigenvalue weighted by molar-refractivity contribution is 6.35. The molecule has 1 N–H and O–H groups in total. The summed E-state index contributed by atoms with van der Waals surface area (Å²) in [4.78, 5) is 23.7. The van der Waals surface area contributed by atoms with Gasteiger partial charge in [0.25, 0.3) is 0 Å². The molecule has 0 spiro atoms. The number of allylic oxidation sites excluding steroid dienone is 1. The van der Waals surface area contributed by atoms with Crippen LogP contribution in [0.2, 0.25) is 25.1 Å². The molecule has 34 heavy (non-hydrogen) atoms. The van der Waals surface area contributed by atoms with Gasteiger partial charge in [-0.05, 0) is 54.1 Å². The molecule has 0 saturated heterocycles. The highest BCUT2D eigenvalue weighted by Gasteiger charge is 2.11.